The Morgan fingerprint density at radius 2 is 1.78 bits per heavy atom. The first-order chi connectivity index (χ1) is 21.9. The number of hydrogen-bond donors (Lipinski definition) is 1. The molecule has 3 aliphatic rings. The fourth-order valence-electron chi connectivity index (χ4n) is 6.15. The minimum absolute atomic E-state index is 0.265. The van der Waals surface area contributed by atoms with Crippen LogP contribution in [0.25, 0.3) is 28.0 Å². The fourth-order valence-corrected chi connectivity index (χ4v) is 6.15. The van der Waals surface area contributed by atoms with Crippen molar-refractivity contribution in [2.75, 3.05) is 44.4 Å². The zero-order valence-electron chi connectivity index (χ0n) is 27.0. The van der Waals surface area contributed by atoms with Crippen molar-refractivity contribution in [1.82, 2.24) is 14.6 Å². The highest BCUT2D eigenvalue weighted by atomic mass is 19.1. The van der Waals surface area contributed by atoms with Crippen molar-refractivity contribution < 1.29 is 33.2 Å². The maximum Gasteiger partial charge on any atom is 0.337 e. The number of carbonyl (C=O) groups is 1. The number of nitrogens with zero attached hydrogens (tertiary/aromatic N) is 4. The van der Waals surface area contributed by atoms with Crippen LogP contribution in [0.15, 0.2) is 48.5 Å². The van der Waals surface area contributed by atoms with Crippen LogP contribution >= 0.6 is 0 Å². The van der Waals surface area contributed by atoms with Gasteiger partial charge in [-0.15, -0.1) is 0 Å². The smallest absolute Gasteiger partial charge is 0.337 e. The van der Waals surface area contributed by atoms with Gasteiger partial charge in [0.25, 0.3) is 0 Å². The van der Waals surface area contributed by atoms with Crippen molar-refractivity contribution in [3.8, 4) is 28.1 Å². The number of aliphatic carboxylic acids is 1. The minimum Gasteiger partial charge on any atom is -0.490 e. The Morgan fingerprint density at radius 1 is 1.04 bits per heavy atom. The Labute approximate surface area is 268 Å². The average Bonchev–Trinajstić information content (AvgIpc) is 3.42. The van der Waals surface area contributed by atoms with E-state index < -0.39 is 23.5 Å². The van der Waals surface area contributed by atoms with E-state index in [-0.39, 0.29) is 12.2 Å². The SMILES string of the molecule is Cc1nc2cc3nn2c(c1[C@H](OC(C)(C)C)C(=O)O)N1CCC(C)(CC1)OCCOCCOc1cc(F)ccc1-c1cccc-3c1. The van der Waals surface area contributed by atoms with Crippen LogP contribution < -0.4 is 9.64 Å². The molecule has 2 aromatic heterocycles. The molecular formula is C35H41FN4O6. The van der Waals surface area contributed by atoms with Crippen LogP contribution in [0, 0.1) is 12.7 Å². The monoisotopic (exact) mass is 632 g/mol. The van der Waals surface area contributed by atoms with Crippen LogP contribution in [-0.4, -0.2) is 76.4 Å². The number of ether oxygens (including phenoxy) is 4. The number of hydrogen-bond acceptors (Lipinski definition) is 8. The number of benzene rings is 2. The zero-order chi connectivity index (χ0) is 32.6. The molecule has 1 fully saturated rings. The van der Waals surface area contributed by atoms with Gasteiger partial charge in [0.2, 0.25) is 0 Å². The van der Waals surface area contributed by atoms with Gasteiger partial charge in [0.1, 0.15) is 24.0 Å². The van der Waals surface area contributed by atoms with E-state index in [2.05, 4.69) is 11.8 Å². The number of fused-ring (bicyclic) bond motifs is 8. The van der Waals surface area contributed by atoms with Crippen LogP contribution in [0.2, 0.25) is 0 Å². The molecule has 0 radical (unpaired) electrons. The number of aromatic nitrogens is 3. The van der Waals surface area contributed by atoms with E-state index in [4.69, 9.17) is 29.0 Å². The van der Waals surface area contributed by atoms with Gasteiger partial charge in [-0.2, -0.15) is 9.61 Å². The molecule has 5 heterocycles. The van der Waals surface area contributed by atoms with Gasteiger partial charge in [-0.3, -0.25) is 0 Å². The Bertz CT molecular complexity index is 1740. The number of aryl methyl sites for hydroxylation is 1. The summed E-state index contributed by atoms with van der Waals surface area (Å²) in [7, 11) is 0. The summed E-state index contributed by atoms with van der Waals surface area (Å²) in [5, 5.41) is 15.5. The molecule has 244 valence electrons. The summed E-state index contributed by atoms with van der Waals surface area (Å²) in [6, 6.07) is 14.2. The molecule has 0 amide bonds. The fraction of sp³-hybridized carbons (Fsp3) is 0.457. The highest BCUT2D eigenvalue weighted by Crippen LogP contribution is 2.39. The molecule has 6 bridgehead atoms. The summed E-state index contributed by atoms with van der Waals surface area (Å²) in [4.78, 5) is 19.8. The van der Waals surface area contributed by atoms with Crippen molar-refractivity contribution in [3.05, 3.63) is 65.6 Å². The topological polar surface area (TPSA) is 108 Å². The summed E-state index contributed by atoms with van der Waals surface area (Å²) in [5.74, 6) is -0.418. The lowest BCUT2D eigenvalue weighted by Gasteiger charge is -2.41. The van der Waals surface area contributed by atoms with Gasteiger partial charge in [-0.1, -0.05) is 18.2 Å². The van der Waals surface area contributed by atoms with Crippen molar-refractivity contribution >= 4 is 17.4 Å². The maximum absolute atomic E-state index is 14.3. The van der Waals surface area contributed by atoms with E-state index in [0.29, 0.717) is 67.1 Å². The third-order valence-corrected chi connectivity index (χ3v) is 8.46. The summed E-state index contributed by atoms with van der Waals surface area (Å²) in [5.41, 5.74) is 3.58. The molecule has 4 aromatic rings. The second-order valence-electron chi connectivity index (χ2n) is 13.2. The second-order valence-corrected chi connectivity index (χ2v) is 13.2. The van der Waals surface area contributed by atoms with E-state index >= 15 is 0 Å². The van der Waals surface area contributed by atoms with E-state index in [1.807, 2.05) is 58.0 Å². The van der Waals surface area contributed by atoms with Crippen molar-refractivity contribution in [2.45, 2.75) is 64.8 Å². The lowest BCUT2D eigenvalue weighted by molar-refractivity contribution is -0.160. The Hall–Kier alpha value is -4.06. The molecule has 10 nitrogen and oxygen atoms in total. The Balaban J connectivity index is 1.52. The quantitative estimate of drug-likeness (QED) is 0.263. The number of piperidine rings is 1. The summed E-state index contributed by atoms with van der Waals surface area (Å²) >= 11 is 0. The number of carboxylic acid groups (broad SMARTS) is 1. The summed E-state index contributed by atoms with van der Waals surface area (Å²) < 4.78 is 40.3. The molecule has 0 spiro atoms. The predicted octanol–water partition coefficient (Wildman–Crippen LogP) is 6.24. The largest absolute Gasteiger partial charge is 0.490 e. The summed E-state index contributed by atoms with van der Waals surface area (Å²) in [6.07, 6.45) is 0.177. The van der Waals surface area contributed by atoms with Crippen LogP contribution in [-0.2, 0) is 19.0 Å². The Morgan fingerprint density at radius 3 is 2.52 bits per heavy atom. The van der Waals surface area contributed by atoms with Crippen molar-refractivity contribution in [1.29, 1.82) is 0 Å². The van der Waals surface area contributed by atoms with Crippen molar-refractivity contribution in [2.24, 2.45) is 0 Å². The first-order valence-electron chi connectivity index (χ1n) is 15.7. The molecule has 0 saturated carbocycles. The van der Waals surface area contributed by atoms with E-state index in [1.54, 1.807) is 10.6 Å². The van der Waals surface area contributed by atoms with Gasteiger partial charge >= 0.3 is 5.97 Å². The first kappa shape index (κ1) is 31.9. The van der Waals surface area contributed by atoms with E-state index in [0.717, 1.165) is 29.5 Å². The van der Waals surface area contributed by atoms with Gasteiger partial charge in [-0.25, -0.2) is 14.2 Å². The molecule has 46 heavy (non-hydrogen) atoms. The number of anilines is 1. The third kappa shape index (κ3) is 6.72. The average molecular weight is 633 g/mol. The van der Waals surface area contributed by atoms with Gasteiger partial charge in [0.05, 0.1) is 42.3 Å². The van der Waals surface area contributed by atoms with Gasteiger partial charge in [0, 0.05) is 42.0 Å². The molecule has 1 atom stereocenters. The predicted molar refractivity (Wildman–Crippen MR) is 172 cm³/mol. The molecule has 3 aliphatic heterocycles. The van der Waals surface area contributed by atoms with E-state index in [1.165, 1.54) is 12.1 Å². The molecule has 11 heteroatoms. The Kier molecular flexibility index (Phi) is 8.75. The van der Waals surface area contributed by atoms with E-state index in [9.17, 15) is 14.3 Å². The molecule has 2 aromatic carbocycles. The highest BCUT2D eigenvalue weighted by molar-refractivity contribution is 5.80. The van der Waals surface area contributed by atoms with Gasteiger partial charge in [0.15, 0.2) is 11.8 Å². The normalized spacial score (nSPS) is 17.8. The van der Waals surface area contributed by atoms with Crippen LogP contribution in [0.1, 0.15) is 57.9 Å². The number of rotatable bonds is 3. The molecular weight excluding hydrogens is 591 g/mol. The molecule has 1 N–H and O–H groups in total. The third-order valence-electron chi connectivity index (χ3n) is 8.46. The van der Waals surface area contributed by atoms with Crippen LogP contribution in [0.3, 0.4) is 0 Å². The molecule has 0 aliphatic carbocycles. The minimum atomic E-state index is -1.26. The molecule has 1 saturated heterocycles. The maximum atomic E-state index is 14.3. The van der Waals surface area contributed by atoms with Crippen LogP contribution in [0.4, 0.5) is 10.2 Å². The lowest BCUT2D eigenvalue weighted by Crippen LogP contribution is -2.46. The summed E-state index contributed by atoms with van der Waals surface area (Å²) in [6.45, 7) is 12.1. The standard InChI is InChI=1S/C35H41FN4O6/c1-22-30(31(33(41)42)46-34(2,3)4)32-39-13-11-35(5,12-14-39)45-18-16-43-15-17-44-28-20-25(36)9-10-26(28)23-7-6-8-24(19-23)27-21-29(37-22)40(32)38-27/h6-10,19-21,31H,11-18H2,1-5H3,(H,41,42)/t31-/m0/s1. The highest BCUT2D eigenvalue weighted by Gasteiger charge is 2.38. The van der Waals surface area contributed by atoms with Gasteiger partial charge in [-0.05, 0) is 71.2 Å². The lowest BCUT2D eigenvalue weighted by atomic mass is 9.92. The zero-order valence-corrected chi connectivity index (χ0v) is 27.0. The van der Waals surface area contributed by atoms with Crippen molar-refractivity contribution in [3.63, 3.8) is 0 Å². The van der Waals surface area contributed by atoms with Crippen LogP contribution in [0.5, 0.6) is 5.75 Å². The first-order valence-corrected chi connectivity index (χ1v) is 15.7. The second kappa shape index (κ2) is 12.6. The number of halogens is 1. The molecule has 0 unspecified atom stereocenters. The number of carboxylic acids is 1. The van der Waals surface area contributed by atoms with Gasteiger partial charge < -0.3 is 29.0 Å². The molecule has 7 rings (SSSR count).